The molecule has 1 aromatic heterocycles. The van der Waals surface area contributed by atoms with Crippen molar-refractivity contribution in [2.24, 2.45) is 0 Å². The van der Waals surface area contributed by atoms with Crippen LogP contribution in [0.3, 0.4) is 0 Å². The summed E-state index contributed by atoms with van der Waals surface area (Å²) in [6.45, 7) is 1.88. The van der Waals surface area contributed by atoms with Crippen LogP contribution in [0.4, 0.5) is 17.3 Å². The molecule has 0 amide bonds. The number of aromatic nitrogens is 3. The van der Waals surface area contributed by atoms with Crippen LogP contribution in [0.1, 0.15) is 5.82 Å². The van der Waals surface area contributed by atoms with Gasteiger partial charge >= 0.3 is 11.4 Å². The summed E-state index contributed by atoms with van der Waals surface area (Å²) in [5.74, 6) is 0.715. The number of hydrogen-bond donors (Lipinski definition) is 3. The second-order valence-corrected chi connectivity index (χ2v) is 7.27. The van der Waals surface area contributed by atoms with Crippen molar-refractivity contribution in [3.63, 3.8) is 0 Å². The molecule has 0 saturated heterocycles. The van der Waals surface area contributed by atoms with Crippen molar-refractivity contribution in [3.8, 4) is 5.75 Å². The first-order chi connectivity index (χ1) is 12.4. The molecule has 0 aliphatic rings. The highest BCUT2D eigenvalue weighted by atomic mass is 79.9. The first kappa shape index (κ1) is 21.3. The minimum atomic E-state index is -2.51. The molecule has 2 unspecified atom stereocenters. The number of aryl methyl sites for hydroxylation is 1. The van der Waals surface area contributed by atoms with Gasteiger partial charge in [0.15, 0.2) is 5.75 Å². The van der Waals surface area contributed by atoms with Crippen LogP contribution < -0.4 is 14.8 Å². The Hall–Kier alpha value is -1.05. The van der Waals surface area contributed by atoms with Gasteiger partial charge in [0.2, 0.25) is 11.2 Å². The fraction of sp³-hybridized carbons (Fsp3) is 0.308. The van der Waals surface area contributed by atoms with Gasteiger partial charge in [0.05, 0.1) is 5.69 Å². The van der Waals surface area contributed by atoms with E-state index in [0.717, 1.165) is 0 Å². The van der Waals surface area contributed by atoms with E-state index >= 15 is 0 Å². The Morgan fingerprint density at radius 2 is 2.15 bits per heavy atom. The van der Waals surface area contributed by atoms with E-state index in [1.54, 1.807) is 19.1 Å². The van der Waals surface area contributed by atoms with Crippen molar-refractivity contribution in [2.75, 3.05) is 22.7 Å². The van der Waals surface area contributed by atoms with Crippen molar-refractivity contribution in [2.45, 2.75) is 11.9 Å². The topological polar surface area (TPSA) is 118 Å². The molecule has 0 radical (unpaired) electrons. The first-order valence-corrected chi connectivity index (χ1v) is 10.5. The van der Waals surface area contributed by atoms with Gasteiger partial charge in [-0.1, -0.05) is 31.9 Å². The summed E-state index contributed by atoms with van der Waals surface area (Å²) in [5.41, 5.74) is 0.995. The molecule has 1 aromatic carbocycles. The molecule has 0 fully saturated rings. The van der Waals surface area contributed by atoms with Gasteiger partial charge in [0, 0.05) is 17.1 Å². The van der Waals surface area contributed by atoms with E-state index in [-0.39, 0.29) is 28.7 Å². The minimum Gasteiger partial charge on any atom is -0.378 e. The third-order valence-corrected chi connectivity index (χ3v) is 5.31. The zero-order chi connectivity index (χ0) is 19.1. The number of alkyl halides is 2. The van der Waals surface area contributed by atoms with Crippen molar-refractivity contribution in [1.29, 1.82) is 0 Å². The van der Waals surface area contributed by atoms with E-state index in [2.05, 4.69) is 57.4 Å². The summed E-state index contributed by atoms with van der Waals surface area (Å²) in [5, 5.41) is 6.40. The summed E-state index contributed by atoms with van der Waals surface area (Å²) >= 11 is 9.89. The quantitative estimate of drug-likeness (QED) is 0.253. The van der Waals surface area contributed by atoms with Crippen LogP contribution in [0.15, 0.2) is 18.2 Å². The Balaban J connectivity index is 2.18. The number of nitrogens with one attached hydrogen (secondary N) is 2. The van der Waals surface area contributed by atoms with Crippen LogP contribution in [0.5, 0.6) is 5.75 Å². The number of benzene rings is 1. The molecule has 0 aliphatic carbocycles. The highest BCUT2D eigenvalue weighted by Gasteiger charge is 2.11. The number of rotatable bonds is 9. The molecule has 0 spiro atoms. The van der Waals surface area contributed by atoms with Crippen LogP contribution in [0.2, 0.25) is 5.28 Å². The SMILES string of the molecule is Cc1nc(Cl)nc(Nc2ccc(NCOC(Br)CBr)cc2OS(=O)O)n1. The van der Waals surface area contributed by atoms with Gasteiger partial charge in [-0.15, -0.1) is 0 Å². The molecule has 26 heavy (non-hydrogen) atoms. The molecule has 13 heteroatoms. The molecule has 3 N–H and O–H groups in total. The second kappa shape index (κ2) is 10.3. The van der Waals surface area contributed by atoms with Crippen LogP contribution in [0.25, 0.3) is 0 Å². The maximum absolute atomic E-state index is 11.1. The fourth-order valence-electron chi connectivity index (χ4n) is 1.77. The highest BCUT2D eigenvalue weighted by Crippen LogP contribution is 2.30. The third-order valence-electron chi connectivity index (χ3n) is 2.77. The molecule has 2 aromatic rings. The van der Waals surface area contributed by atoms with Gasteiger partial charge < -0.3 is 19.6 Å². The van der Waals surface area contributed by atoms with E-state index in [9.17, 15) is 4.21 Å². The van der Waals surface area contributed by atoms with E-state index in [4.69, 9.17) is 25.1 Å². The van der Waals surface area contributed by atoms with Gasteiger partial charge in [0.25, 0.3) is 0 Å². The predicted molar refractivity (Wildman–Crippen MR) is 107 cm³/mol. The Morgan fingerprint density at radius 1 is 1.38 bits per heavy atom. The Morgan fingerprint density at radius 3 is 2.81 bits per heavy atom. The lowest BCUT2D eigenvalue weighted by molar-refractivity contribution is 0.150. The van der Waals surface area contributed by atoms with Crippen LogP contribution in [-0.4, -0.2) is 40.8 Å². The van der Waals surface area contributed by atoms with Gasteiger partial charge in [-0.25, -0.2) is 4.98 Å². The lowest BCUT2D eigenvalue weighted by Crippen LogP contribution is -2.13. The van der Waals surface area contributed by atoms with E-state index in [1.807, 2.05) is 0 Å². The predicted octanol–water partition coefficient (Wildman–Crippen LogP) is 3.59. The first-order valence-electron chi connectivity index (χ1n) is 7.01. The summed E-state index contributed by atoms with van der Waals surface area (Å²) in [4.78, 5) is 11.9. The summed E-state index contributed by atoms with van der Waals surface area (Å²) in [6.07, 6.45) is 0. The smallest absolute Gasteiger partial charge is 0.357 e. The number of anilines is 3. The van der Waals surface area contributed by atoms with E-state index in [0.29, 0.717) is 22.5 Å². The number of halogens is 3. The summed E-state index contributed by atoms with van der Waals surface area (Å²) in [6, 6.07) is 4.90. The van der Waals surface area contributed by atoms with E-state index in [1.165, 1.54) is 6.07 Å². The van der Waals surface area contributed by atoms with Gasteiger partial charge in [-0.05, 0) is 30.7 Å². The van der Waals surface area contributed by atoms with Crippen LogP contribution in [-0.2, 0) is 16.1 Å². The normalized spacial score (nSPS) is 13.1. The largest absolute Gasteiger partial charge is 0.378 e. The molecule has 0 aliphatic heterocycles. The zero-order valence-electron chi connectivity index (χ0n) is 13.3. The van der Waals surface area contributed by atoms with Gasteiger partial charge in [-0.2, -0.15) is 14.2 Å². The summed E-state index contributed by atoms with van der Waals surface area (Å²) < 4.78 is 30.5. The van der Waals surface area contributed by atoms with Crippen molar-refractivity contribution >= 4 is 72.1 Å². The molecule has 142 valence electrons. The standard InChI is InChI=1S/C13H14Br2ClN5O4S/c1-7-18-12(16)21-13(19-7)20-9-3-2-8(4-10(9)25-26(22)23)17-6-24-11(15)5-14/h2-4,11,17H,5-6H2,1H3,(H,22,23)(H,18,19,20,21). The van der Waals surface area contributed by atoms with Crippen LogP contribution in [0, 0.1) is 6.92 Å². The lowest BCUT2D eigenvalue weighted by atomic mass is 10.2. The summed E-state index contributed by atoms with van der Waals surface area (Å²) in [7, 11) is 0. The fourth-order valence-corrected chi connectivity index (χ4v) is 2.58. The average Bonchev–Trinajstić information content (AvgIpc) is 2.55. The van der Waals surface area contributed by atoms with Crippen molar-refractivity contribution in [1.82, 2.24) is 15.0 Å². The molecule has 2 atom stereocenters. The maximum atomic E-state index is 11.1. The van der Waals surface area contributed by atoms with Crippen LogP contribution >= 0.6 is 43.5 Å². The molecule has 0 saturated carbocycles. The van der Waals surface area contributed by atoms with Crippen molar-refractivity contribution in [3.05, 3.63) is 29.3 Å². The number of ether oxygens (including phenoxy) is 1. The van der Waals surface area contributed by atoms with E-state index < -0.39 is 11.4 Å². The Kier molecular flexibility index (Phi) is 8.44. The molecule has 0 bridgehead atoms. The molecule has 9 nitrogen and oxygen atoms in total. The molecular weight excluding hydrogens is 518 g/mol. The number of hydrogen-bond acceptors (Lipinski definition) is 8. The zero-order valence-corrected chi connectivity index (χ0v) is 18.0. The Labute approximate surface area is 174 Å². The average molecular weight is 532 g/mol. The van der Waals surface area contributed by atoms with Crippen molar-refractivity contribution < 1.29 is 17.7 Å². The lowest BCUT2D eigenvalue weighted by Gasteiger charge is -2.14. The monoisotopic (exact) mass is 529 g/mol. The van der Waals surface area contributed by atoms with Gasteiger partial charge in [0.1, 0.15) is 17.6 Å². The highest BCUT2D eigenvalue weighted by molar-refractivity contribution is 9.12. The maximum Gasteiger partial charge on any atom is 0.357 e. The Bertz CT molecular complexity index is 768. The second-order valence-electron chi connectivity index (χ2n) is 4.66. The molecule has 2 rings (SSSR count). The van der Waals surface area contributed by atoms with Gasteiger partial charge in [-0.3, -0.25) is 4.55 Å². The molecular formula is C13H14Br2ClN5O4S. The number of nitrogens with zero attached hydrogens (tertiary/aromatic N) is 3. The third kappa shape index (κ3) is 6.93. The molecule has 1 heterocycles. The minimum absolute atomic E-state index is 0.0276.